The second kappa shape index (κ2) is 5.72. The number of nitrogens with zero attached hydrogens (tertiary/aromatic N) is 5. The van der Waals surface area contributed by atoms with Crippen LogP contribution in [0.5, 0.6) is 0 Å². The lowest BCUT2D eigenvalue weighted by Crippen LogP contribution is -2.59. The third-order valence-electron chi connectivity index (χ3n) is 4.55. The van der Waals surface area contributed by atoms with E-state index in [1.807, 2.05) is 60.0 Å². The van der Waals surface area contributed by atoms with Gasteiger partial charge in [-0.15, -0.1) is 0 Å². The average Bonchev–Trinajstić information content (AvgIpc) is 2.96. The molecule has 0 spiro atoms. The minimum absolute atomic E-state index is 0.0248. The second-order valence-corrected chi connectivity index (χ2v) is 6.34. The van der Waals surface area contributed by atoms with Gasteiger partial charge in [0.2, 0.25) is 0 Å². The van der Waals surface area contributed by atoms with Gasteiger partial charge in [0.15, 0.2) is 5.65 Å². The Kier molecular flexibility index (Phi) is 3.54. The summed E-state index contributed by atoms with van der Waals surface area (Å²) in [6.07, 6.45) is 3.39. The van der Waals surface area contributed by atoms with Crippen molar-refractivity contribution in [2.24, 2.45) is 0 Å². The Morgan fingerprint density at radius 1 is 1.17 bits per heavy atom. The van der Waals surface area contributed by atoms with Gasteiger partial charge in [0, 0.05) is 31.0 Å². The number of amides is 1. The molecule has 1 aliphatic rings. The van der Waals surface area contributed by atoms with Crippen LogP contribution in [0.15, 0.2) is 48.9 Å². The van der Waals surface area contributed by atoms with Gasteiger partial charge in [-0.25, -0.2) is 9.97 Å². The summed E-state index contributed by atoms with van der Waals surface area (Å²) in [5, 5.41) is 0. The Hall–Kier alpha value is -2.73. The van der Waals surface area contributed by atoms with Gasteiger partial charge in [-0.3, -0.25) is 9.36 Å². The van der Waals surface area contributed by atoms with Gasteiger partial charge in [-0.05, 0) is 32.3 Å². The molecule has 122 valence electrons. The molecule has 0 atom stereocenters. The molecule has 1 fully saturated rings. The fourth-order valence-corrected chi connectivity index (χ4v) is 2.93. The van der Waals surface area contributed by atoms with Crippen LogP contribution in [0.4, 0.5) is 0 Å². The van der Waals surface area contributed by atoms with E-state index in [0.29, 0.717) is 11.6 Å². The van der Waals surface area contributed by atoms with E-state index in [4.69, 9.17) is 0 Å². The minimum Gasteiger partial charge on any atom is -0.335 e. The van der Waals surface area contributed by atoms with Crippen molar-refractivity contribution in [2.45, 2.75) is 6.04 Å². The summed E-state index contributed by atoms with van der Waals surface area (Å²) in [7, 11) is 4.08. The molecular weight excluding hydrogens is 302 g/mol. The highest BCUT2D eigenvalue weighted by atomic mass is 16.2. The van der Waals surface area contributed by atoms with Crippen molar-refractivity contribution in [1.29, 1.82) is 0 Å². The lowest BCUT2D eigenvalue weighted by Gasteiger charge is -2.42. The number of likely N-dealkylation sites (tertiary alicyclic amines) is 1. The molecule has 1 saturated heterocycles. The van der Waals surface area contributed by atoms with Crippen LogP contribution in [-0.4, -0.2) is 63.5 Å². The number of benzene rings is 1. The van der Waals surface area contributed by atoms with Crippen LogP contribution in [0.25, 0.3) is 16.9 Å². The molecule has 1 amide bonds. The maximum absolute atomic E-state index is 12.5. The van der Waals surface area contributed by atoms with Gasteiger partial charge >= 0.3 is 0 Å². The van der Waals surface area contributed by atoms with Crippen molar-refractivity contribution in [3.8, 4) is 5.69 Å². The maximum Gasteiger partial charge on any atom is 0.255 e. The molecular formula is C18H19N5O. The first-order valence-corrected chi connectivity index (χ1v) is 7.98. The van der Waals surface area contributed by atoms with Crippen molar-refractivity contribution in [2.75, 3.05) is 27.2 Å². The molecule has 24 heavy (non-hydrogen) atoms. The lowest BCUT2D eigenvalue weighted by atomic mass is 10.1. The fourth-order valence-electron chi connectivity index (χ4n) is 2.93. The van der Waals surface area contributed by atoms with Crippen molar-refractivity contribution >= 4 is 17.1 Å². The minimum atomic E-state index is 0.0248. The van der Waals surface area contributed by atoms with E-state index in [1.54, 1.807) is 12.5 Å². The smallest absolute Gasteiger partial charge is 0.255 e. The summed E-state index contributed by atoms with van der Waals surface area (Å²) in [5.41, 5.74) is 3.09. The summed E-state index contributed by atoms with van der Waals surface area (Å²) in [6.45, 7) is 1.53. The number of pyridine rings is 1. The zero-order chi connectivity index (χ0) is 16.7. The van der Waals surface area contributed by atoms with Crippen molar-refractivity contribution in [3.05, 3.63) is 54.5 Å². The Morgan fingerprint density at radius 2 is 1.92 bits per heavy atom. The zero-order valence-corrected chi connectivity index (χ0v) is 13.8. The summed E-state index contributed by atoms with van der Waals surface area (Å²) in [5.74, 6) is 0.0248. The molecule has 4 rings (SSSR count). The van der Waals surface area contributed by atoms with Crippen molar-refractivity contribution in [1.82, 2.24) is 24.3 Å². The molecule has 1 aliphatic heterocycles. The first-order chi connectivity index (χ1) is 11.6. The predicted octanol–water partition coefficient (Wildman–Crippen LogP) is 1.81. The van der Waals surface area contributed by atoms with E-state index < -0.39 is 0 Å². The SMILES string of the molecule is CN(C)C1CN(C(=O)c2cnc3c(c2)ncn3-c2ccccc2)C1. The van der Waals surface area contributed by atoms with E-state index in [1.165, 1.54) is 0 Å². The highest BCUT2D eigenvalue weighted by molar-refractivity contribution is 5.97. The van der Waals surface area contributed by atoms with Crippen LogP contribution in [0, 0.1) is 0 Å². The number of para-hydroxylation sites is 1. The number of aromatic nitrogens is 3. The topological polar surface area (TPSA) is 54.3 Å². The third-order valence-corrected chi connectivity index (χ3v) is 4.55. The van der Waals surface area contributed by atoms with Gasteiger partial charge in [0.1, 0.15) is 11.8 Å². The van der Waals surface area contributed by atoms with E-state index >= 15 is 0 Å². The summed E-state index contributed by atoms with van der Waals surface area (Å²) in [6, 6.07) is 12.2. The highest BCUT2D eigenvalue weighted by Gasteiger charge is 2.32. The van der Waals surface area contributed by atoms with Crippen molar-refractivity contribution in [3.63, 3.8) is 0 Å². The normalized spacial score (nSPS) is 15.0. The summed E-state index contributed by atoms with van der Waals surface area (Å²) in [4.78, 5) is 25.4. The Morgan fingerprint density at radius 3 is 2.62 bits per heavy atom. The summed E-state index contributed by atoms with van der Waals surface area (Å²) < 4.78 is 1.93. The molecule has 0 unspecified atom stereocenters. The van der Waals surface area contributed by atoms with Crippen LogP contribution in [-0.2, 0) is 0 Å². The molecule has 2 aromatic heterocycles. The maximum atomic E-state index is 12.5. The first kappa shape index (κ1) is 14.8. The van der Waals surface area contributed by atoms with Crippen LogP contribution in [0.2, 0.25) is 0 Å². The molecule has 0 radical (unpaired) electrons. The predicted molar refractivity (Wildman–Crippen MR) is 92.2 cm³/mol. The highest BCUT2D eigenvalue weighted by Crippen LogP contribution is 2.20. The Labute approximate surface area is 140 Å². The van der Waals surface area contributed by atoms with E-state index in [9.17, 15) is 4.79 Å². The molecule has 1 aromatic carbocycles. The number of imidazole rings is 1. The number of carbonyl (C=O) groups excluding carboxylic acids is 1. The largest absolute Gasteiger partial charge is 0.335 e. The number of likely N-dealkylation sites (N-methyl/N-ethyl adjacent to an activating group) is 1. The number of fused-ring (bicyclic) bond motifs is 1. The Bertz CT molecular complexity index is 881. The third kappa shape index (κ3) is 2.45. The molecule has 6 nitrogen and oxygen atoms in total. The average molecular weight is 321 g/mol. The molecule has 6 heteroatoms. The van der Waals surface area contributed by atoms with Gasteiger partial charge < -0.3 is 9.80 Å². The quantitative estimate of drug-likeness (QED) is 0.738. The first-order valence-electron chi connectivity index (χ1n) is 7.98. The molecule has 0 N–H and O–H groups in total. The molecule has 0 saturated carbocycles. The zero-order valence-electron chi connectivity index (χ0n) is 13.8. The van der Waals surface area contributed by atoms with E-state index in [0.717, 1.165) is 29.9 Å². The number of hydrogen-bond donors (Lipinski definition) is 0. The molecule has 0 aliphatic carbocycles. The van der Waals surface area contributed by atoms with Gasteiger partial charge in [-0.1, -0.05) is 18.2 Å². The number of rotatable bonds is 3. The lowest BCUT2D eigenvalue weighted by molar-refractivity contribution is 0.0399. The molecule has 0 bridgehead atoms. The van der Waals surface area contributed by atoms with Gasteiger partial charge in [0.05, 0.1) is 5.56 Å². The molecule has 3 aromatic rings. The van der Waals surface area contributed by atoms with Crippen LogP contribution in [0.1, 0.15) is 10.4 Å². The van der Waals surface area contributed by atoms with E-state index in [2.05, 4.69) is 14.9 Å². The standard InChI is InChI=1S/C18H19N5O/c1-21(2)15-10-22(11-15)18(24)13-8-16-17(19-9-13)23(12-20-16)14-6-4-3-5-7-14/h3-9,12,15H,10-11H2,1-2H3. The second-order valence-electron chi connectivity index (χ2n) is 6.34. The van der Waals surface area contributed by atoms with Crippen molar-refractivity contribution < 1.29 is 4.79 Å². The fraction of sp³-hybridized carbons (Fsp3) is 0.278. The van der Waals surface area contributed by atoms with Crippen LogP contribution < -0.4 is 0 Å². The Balaban J connectivity index is 1.60. The van der Waals surface area contributed by atoms with Crippen LogP contribution >= 0.6 is 0 Å². The van der Waals surface area contributed by atoms with Crippen LogP contribution in [0.3, 0.4) is 0 Å². The summed E-state index contributed by atoms with van der Waals surface area (Å²) >= 11 is 0. The van der Waals surface area contributed by atoms with E-state index in [-0.39, 0.29) is 5.91 Å². The van der Waals surface area contributed by atoms with Gasteiger partial charge in [-0.2, -0.15) is 0 Å². The number of carbonyl (C=O) groups is 1. The monoisotopic (exact) mass is 321 g/mol. The molecule has 3 heterocycles. The number of hydrogen-bond acceptors (Lipinski definition) is 4. The van der Waals surface area contributed by atoms with Gasteiger partial charge in [0.25, 0.3) is 5.91 Å².